The fourth-order valence-electron chi connectivity index (χ4n) is 2.82. The highest BCUT2D eigenvalue weighted by Gasteiger charge is 2.39. The molecule has 0 radical (unpaired) electrons. The van der Waals surface area contributed by atoms with Crippen LogP contribution in [0.2, 0.25) is 0 Å². The molecule has 2 aromatic rings. The molecule has 9 nitrogen and oxygen atoms in total. The van der Waals surface area contributed by atoms with Crippen LogP contribution in [0.1, 0.15) is 48.4 Å². The lowest BCUT2D eigenvalue weighted by Gasteiger charge is -2.16. The Bertz CT molecular complexity index is 894. The largest absolute Gasteiger partial charge is 0.493 e. The summed E-state index contributed by atoms with van der Waals surface area (Å²) in [5.74, 6) is 0.818. The average Bonchev–Trinajstić information content (AvgIpc) is 3.24. The first-order valence-corrected chi connectivity index (χ1v) is 8.92. The van der Waals surface area contributed by atoms with Gasteiger partial charge in [0.1, 0.15) is 0 Å². The van der Waals surface area contributed by atoms with Gasteiger partial charge >= 0.3 is 5.97 Å². The number of nitrogens with one attached hydrogen (secondary N) is 1. The second-order valence-electron chi connectivity index (χ2n) is 6.79. The maximum absolute atomic E-state index is 12.8. The summed E-state index contributed by atoms with van der Waals surface area (Å²) >= 11 is 0. The predicted octanol–water partition coefficient (Wildman–Crippen LogP) is 2.91. The summed E-state index contributed by atoms with van der Waals surface area (Å²) < 4.78 is 21.0. The van der Waals surface area contributed by atoms with Crippen molar-refractivity contribution in [1.29, 1.82) is 0 Å². The number of carbonyl (C=O) groups excluding carboxylic acids is 2. The number of methoxy groups -OCH3 is 2. The van der Waals surface area contributed by atoms with Gasteiger partial charge in [-0.3, -0.25) is 4.79 Å². The Morgan fingerprint density at radius 1 is 1.25 bits per heavy atom. The first-order chi connectivity index (χ1) is 13.3. The summed E-state index contributed by atoms with van der Waals surface area (Å²) in [6.07, 6.45) is 0.0701. The second kappa shape index (κ2) is 7.87. The molecule has 3 rings (SSSR count). The smallest absolute Gasteiger partial charge is 0.341 e. The number of carbonyl (C=O) groups is 2. The summed E-state index contributed by atoms with van der Waals surface area (Å²) in [7, 11) is 2.94. The van der Waals surface area contributed by atoms with Crippen molar-refractivity contribution >= 4 is 17.6 Å². The predicted molar refractivity (Wildman–Crippen MR) is 98.3 cm³/mol. The van der Waals surface area contributed by atoms with E-state index in [4.69, 9.17) is 18.7 Å². The number of esters is 1. The molecule has 0 bridgehead atoms. The van der Waals surface area contributed by atoms with Crippen molar-refractivity contribution in [2.24, 2.45) is 11.8 Å². The zero-order valence-corrected chi connectivity index (χ0v) is 16.4. The minimum atomic E-state index is -0.756. The Morgan fingerprint density at radius 2 is 1.89 bits per heavy atom. The number of rotatable bonds is 7. The first kappa shape index (κ1) is 19.7. The molecular formula is C19H23N3O6. The van der Waals surface area contributed by atoms with Crippen molar-refractivity contribution in [2.75, 3.05) is 19.5 Å². The number of aromatic nitrogens is 2. The molecule has 28 heavy (non-hydrogen) atoms. The Labute approximate surface area is 162 Å². The third-order valence-corrected chi connectivity index (χ3v) is 4.62. The second-order valence-corrected chi connectivity index (χ2v) is 6.79. The first-order valence-electron chi connectivity index (χ1n) is 8.92. The Balaban J connectivity index is 1.87. The van der Waals surface area contributed by atoms with Crippen LogP contribution in [-0.4, -0.2) is 36.2 Å². The molecular weight excluding hydrogens is 366 g/mol. The normalized spacial score (nSPS) is 18.9. The van der Waals surface area contributed by atoms with Gasteiger partial charge in [0.2, 0.25) is 5.91 Å². The van der Waals surface area contributed by atoms with Crippen LogP contribution in [0.25, 0.3) is 0 Å². The average molecular weight is 389 g/mol. The molecule has 1 aromatic heterocycles. The zero-order chi connectivity index (χ0) is 20.4. The van der Waals surface area contributed by atoms with Crippen LogP contribution in [0.15, 0.2) is 16.7 Å². The minimum absolute atomic E-state index is 0.0581. The van der Waals surface area contributed by atoms with Crippen molar-refractivity contribution < 1.29 is 28.3 Å². The van der Waals surface area contributed by atoms with E-state index in [1.165, 1.54) is 20.3 Å². The summed E-state index contributed by atoms with van der Waals surface area (Å²) in [5.41, 5.74) is 0.433. The van der Waals surface area contributed by atoms with E-state index in [-0.39, 0.29) is 23.3 Å². The van der Waals surface area contributed by atoms with Crippen LogP contribution in [0.4, 0.5) is 5.69 Å². The van der Waals surface area contributed by atoms with Gasteiger partial charge in [-0.05, 0) is 26.2 Å². The van der Waals surface area contributed by atoms with Gasteiger partial charge in [-0.1, -0.05) is 12.1 Å². The molecule has 3 unspecified atom stereocenters. The van der Waals surface area contributed by atoms with Crippen molar-refractivity contribution in [1.82, 2.24) is 10.1 Å². The van der Waals surface area contributed by atoms with Crippen LogP contribution in [-0.2, 0) is 9.53 Å². The van der Waals surface area contributed by atoms with E-state index in [0.717, 1.165) is 6.42 Å². The summed E-state index contributed by atoms with van der Waals surface area (Å²) in [4.78, 5) is 29.2. The molecule has 1 heterocycles. The number of benzene rings is 1. The van der Waals surface area contributed by atoms with E-state index >= 15 is 0 Å². The van der Waals surface area contributed by atoms with Crippen LogP contribution < -0.4 is 14.8 Å². The third kappa shape index (κ3) is 4.08. The summed E-state index contributed by atoms with van der Waals surface area (Å²) in [6.45, 7) is 5.29. The molecule has 1 aromatic carbocycles. The van der Waals surface area contributed by atoms with Crippen molar-refractivity contribution in [3.05, 3.63) is 29.4 Å². The van der Waals surface area contributed by atoms with Gasteiger partial charge in [-0.25, -0.2) is 4.79 Å². The maximum atomic E-state index is 12.8. The van der Waals surface area contributed by atoms with Gasteiger partial charge in [0.25, 0.3) is 5.89 Å². The molecule has 1 fully saturated rings. The van der Waals surface area contributed by atoms with Gasteiger partial charge in [-0.15, -0.1) is 0 Å². The van der Waals surface area contributed by atoms with E-state index in [9.17, 15) is 9.59 Å². The Morgan fingerprint density at radius 3 is 2.43 bits per heavy atom. The molecule has 9 heteroatoms. The number of hydrogen-bond acceptors (Lipinski definition) is 8. The fourth-order valence-corrected chi connectivity index (χ4v) is 2.82. The zero-order valence-electron chi connectivity index (χ0n) is 16.4. The number of hydrogen-bond donors (Lipinski definition) is 1. The summed E-state index contributed by atoms with van der Waals surface area (Å²) in [5, 5.41) is 6.49. The monoisotopic (exact) mass is 389 g/mol. The number of aryl methyl sites for hydroxylation is 1. The summed E-state index contributed by atoms with van der Waals surface area (Å²) in [6, 6.07) is 3.01. The van der Waals surface area contributed by atoms with Crippen molar-refractivity contribution in [2.45, 2.75) is 33.3 Å². The number of ether oxygens (including phenoxy) is 3. The lowest BCUT2D eigenvalue weighted by atomic mass is 10.1. The van der Waals surface area contributed by atoms with Crippen LogP contribution in [0.3, 0.4) is 0 Å². The van der Waals surface area contributed by atoms with E-state index in [2.05, 4.69) is 15.5 Å². The molecule has 1 aliphatic carbocycles. The minimum Gasteiger partial charge on any atom is -0.493 e. The maximum Gasteiger partial charge on any atom is 0.341 e. The van der Waals surface area contributed by atoms with Gasteiger partial charge in [0.05, 0.1) is 25.5 Å². The van der Waals surface area contributed by atoms with Crippen LogP contribution >= 0.6 is 0 Å². The molecule has 1 N–H and O–H groups in total. The number of amides is 1. The molecule has 150 valence electrons. The Kier molecular flexibility index (Phi) is 5.53. The fraction of sp³-hybridized carbons (Fsp3) is 0.474. The Hall–Kier alpha value is -3.10. The van der Waals surface area contributed by atoms with Gasteiger partial charge in [0.15, 0.2) is 23.4 Å². The van der Waals surface area contributed by atoms with Gasteiger partial charge < -0.3 is 24.1 Å². The van der Waals surface area contributed by atoms with Crippen molar-refractivity contribution in [3.63, 3.8) is 0 Å². The van der Waals surface area contributed by atoms with Crippen molar-refractivity contribution in [3.8, 4) is 11.5 Å². The van der Waals surface area contributed by atoms with Crippen LogP contribution in [0.5, 0.6) is 11.5 Å². The van der Waals surface area contributed by atoms with E-state index in [0.29, 0.717) is 28.9 Å². The third-order valence-electron chi connectivity index (χ3n) is 4.62. The highest BCUT2D eigenvalue weighted by atomic mass is 16.6. The lowest BCUT2D eigenvalue weighted by molar-refractivity contribution is -0.117. The highest BCUT2D eigenvalue weighted by Crippen LogP contribution is 2.40. The topological polar surface area (TPSA) is 113 Å². The van der Waals surface area contributed by atoms with E-state index < -0.39 is 12.1 Å². The van der Waals surface area contributed by atoms with E-state index in [1.807, 2.05) is 6.92 Å². The van der Waals surface area contributed by atoms with Gasteiger partial charge in [0, 0.05) is 18.1 Å². The standard InChI is InChI=1S/C19H23N3O6/c1-9-6-12(9)17(23)21-14-8-16(26-5)15(25-4)7-13(14)19(24)27-10(2)18-20-11(3)22-28-18/h7-10,12H,6H2,1-5H3,(H,21,23). The number of anilines is 1. The number of nitrogens with zero attached hydrogens (tertiary/aromatic N) is 2. The molecule has 1 saturated carbocycles. The molecule has 0 spiro atoms. The SMILES string of the molecule is COc1cc(NC(=O)C2CC2C)c(C(=O)OC(C)c2nc(C)no2)cc1OC. The van der Waals surface area contributed by atoms with Gasteiger partial charge in [-0.2, -0.15) is 4.98 Å². The molecule has 1 amide bonds. The quantitative estimate of drug-likeness (QED) is 0.719. The molecule has 1 aliphatic rings. The molecule has 0 aliphatic heterocycles. The van der Waals surface area contributed by atoms with Crippen LogP contribution in [0, 0.1) is 18.8 Å². The lowest BCUT2D eigenvalue weighted by Crippen LogP contribution is -2.18. The highest BCUT2D eigenvalue weighted by molar-refractivity contribution is 6.03. The molecule has 0 saturated heterocycles. The van der Waals surface area contributed by atoms with E-state index in [1.54, 1.807) is 19.9 Å². The molecule has 3 atom stereocenters.